The molecule has 0 bridgehead atoms. The average molecular weight is 320 g/mol. The lowest BCUT2D eigenvalue weighted by Gasteiger charge is -2.38. The molecule has 0 aromatic carbocycles. The van der Waals surface area contributed by atoms with Gasteiger partial charge in [0.05, 0.1) is 17.6 Å². The molecule has 0 N–H and O–H groups in total. The first-order chi connectivity index (χ1) is 10.7. The summed E-state index contributed by atoms with van der Waals surface area (Å²) in [5, 5.41) is 1.99. The molecule has 22 heavy (non-hydrogen) atoms. The van der Waals surface area contributed by atoms with Gasteiger partial charge in [0, 0.05) is 38.6 Å². The maximum absolute atomic E-state index is 12.7. The second-order valence-electron chi connectivity index (χ2n) is 6.19. The Bertz CT molecular complexity index is 543. The average Bonchev–Trinajstić information content (AvgIpc) is 2.83. The number of amides is 1. The van der Waals surface area contributed by atoms with E-state index in [0.717, 1.165) is 56.2 Å². The Balaban J connectivity index is 1.65. The Hall–Kier alpha value is -1.17. The van der Waals surface area contributed by atoms with Gasteiger partial charge in [0.1, 0.15) is 0 Å². The highest BCUT2D eigenvalue weighted by Gasteiger charge is 2.35. The molecule has 2 aliphatic heterocycles. The fraction of sp³-hybridized carbons (Fsp3) is 0.588. The molecule has 0 aliphatic carbocycles. The van der Waals surface area contributed by atoms with Crippen LogP contribution in [0.4, 0.5) is 0 Å². The van der Waals surface area contributed by atoms with Gasteiger partial charge in [-0.05, 0) is 30.4 Å². The van der Waals surface area contributed by atoms with E-state index >= 15 is 0 Å². The second-order valence-corrected chi connectivity index (χ2v) is 7.11. The van der Waals surface area contributed by atoms with Crippen molar-refractivity contribution >= 4 is 17.2 Å². The van der Waals surface area contributed by atoms with Crippen LogP contribution in [0.2, 0.25) is 0 Å². The number of fused-ring (bicyclic) bond motifs is 1. The molecule has 2 saturated heterocycles. The van der Waals surface area contributed by atoms with Crippen LogP contribution < -0.4 is 0 Å². The molecule has 3 rings (SSSR count). The van der Waals surface area contributed by atoms with E-state index in [-0.39, 0.29) is 12.0 Å². The van der Waals surface area contributed by atoms with Crippen molar-refractivity contribution in [1.29, 1.82) is 0 Å². The van der Waals surface area contributed by atoms with Crippen molar-refractivity contribution in [2.24, 2.45) is 5.92 Å². The normalized spacial score (nSPS) is 26.3. The molecule has 5 heteroatoms. The zero-order valence-corrected chi connectivity index (χ0v) is 14.0. The molecule has 2 atom stereocenters. The Labute approximate surface area is 136 Å². The number of piperidine rings is 1. The van der Waals surface area contributed by atoms with Crippen LogP contribution in [0.1, 0.15) is 21.7 Å². The molecule has 0 radical (unpaired) electrons. The fourth-order valence-corrected chi connectivity index (χ4v) is 4.28. The summed E-state index contributed by atoms with van der Waals surface area (Å²) in [5.41, 5.74) is 1.08. The number of rotatable bonds is 3. The molecule has 1 amide bonds. The van der Waals surface area contributed by atoms with Crippen LogP contribution in [0.15, 0.2) is 24.1 Å². The van der Waals surface area contributed by atoms with Crippen LogP contribution in [0.25, 0.3) is 0 Å². The summed E-state index contributed by atoms with van der Waals surface area (Å²) in [7, 11) is 0. The lowest BCUT2D eigenvalue weighted by molar-refractivity contribution is -0.0169. The van der Waals surface area contributed by atoms with Gasteiger partial charge in [-0.2, -0.15) is 0 Å². The monoisotopic (exact) mass is 320 g/mol. The van der Waals surface area contributed by atoms with Crippen LogP contribution in [0.3, 0.4) is 0 Å². The van der Waals surface area contributed by atoms with E-state index in [1.54, 1.807) is 11.3 Å². The summed E-state index contributed by atoms with van der Waals surface area (Å²) in [4.78, 5) is 17.9. The van der Waals surface area contributed by atoms with Crippen LogP contribution in [0, 0.1) is 12.8 Å². The minimum absolute atomic E-state index is 0.168. The van der Waals surface area contributed by atoms with Gasteiger partial charge in [0.15, 0.2) is 0 Å². The largest absolute Gasteiger partial charge is 0.375 e. The van der Waals surface area contributed by atoms with E-state index in [0.29, 0.717) is 5.92 Å². The fourth-order valence-electron chi connectivity index (χ4n) is 3.39. The standard InChI is InChI=1S/C17H24N2O2S/c1-3-6-18-8-9-21-15-12-19(7-4-14(15)11-18)17(20)16-13(2)5-10-22-16/h3,5,10,14-15H,1,4,6-9,11-12H2,2H3/t14-,15-/m0/s1. The predicted molar refractivity (Wildman–Crippen MR) is 89.4 cm³/mol. The third-order valence-corrected chi connectivity index (χ3v) is 5.66. The van der Waals surface area contributed by atoms with E-state index in [9.17, 15) is 4.79 Å². The van der Waals surface area contributed by atoms with Gasteiger partial charge in [0.2, 0.25) is 0 Å². The molecule has 0 spiro atoms. The number of hydrogen-bond acceptors (Lipinski definition) is 4. The van der Waals surface area contributed by atoms with E-state index in [1.807, 2.05) is 29.3 Å². The lowest BCUT2D eigenvalue weighted by Crippen LogP contribution is -2.49. The number of aryl methyl sites for hydroxylation is 1. The zero-order chi connectivity index (χ0) is 15.5. The summed E-state index contributed by atoms with van der Waals surface area (Å²) in [6.45, 7) is 11.1. The molecule has 0 unspecified atom stereocenters. The highest BCUT2D eigenvalue weighted by Crippen LogP contribution is 2.26. The molecule has 2 aliphatic rings. The quantitative estimate of drug-likeness (QED) is 0.802. The molecule has 120 valence electrons. The molecule has 1 aromatic rings. The maximum Gasteiger partial charge on any atom is 0.264 e. The van der Waals surface area contributed by atoms with Gasteiger partial charge >= 0.3 is 0 Å². The summed E-state index contributed by atoms with van der Waals surface area (Å²) in [6.07, 6.45) is 3.15. The van der Waals surface area contributed by atoms with E-state index < -0.39 is 0 Å². The second kappa shape index (κ2) is 6.94. The Morgan fingerprint density at radius 3 is 3.09 bits per heavy atom. The smallest absolute Gasteiger partial charge is 0.264 e. The van der Waals surface area contributed by atoms with Crippen molar-refractivity contribution in [1.82, 2.24) is 9.80 Å². The van der Waals surface area contributed by atoms with E-state index in [2.05, 4.69) is 11.5 Å². The molecule has 1 aromatic heterocycles. The van der Waals surface area contributed by atoms with Crippen LogP contribution in [-0.2, 0) is 4.74 Å². The SMILES string of the molecule is C=CCN1CCO[C@H]2CN(C(=O)c3sccc3C)CC[C@H]2C1. The molecule has 3 heterocycles. The Morgan fingerprint density at radius 1 is 1.50 bits per heavy atom. The molecule has 2 fully saturated rings. The first-order valence-corrected chi connectivity index (χ1v) is 8.85. The third kappa shape index (κ3) is 3.26. The highest BCUT2D eigenvalue weighted by molar-refractivity contribution is 7.12. The number of ether oxygens (including phenoxy) is 1. The van der Waals surface area contributed by atoms with E-state index in [1.165, 1.54) is 0 Å². The number of likely N-dealkylation sites (tertiary alicyclic amines) is 1. The summed E-state index contributed by atoms with van der Waals surface area (Å²) < 4.78 is 6.05. The summed E-state index contributed by atoms with van der Waals surface area (Å²) in [6, 6.07) is 2.01. The van der Waals surface area contributed by atoms with Crippen LogP contribution in [0.5, 0.6) is 0 Å². The number of thiophene rings is 1. The maximum atomic E-state index is 12.7. The number of nitrogens with zero attached hydrogens (tertiary/aromatic N) is 2. The summed E-state index contributed by atoms with van der Waals surface area (Å²) >= 11 is 1.54. The van der Waals surface area contributed by atoms with E-state index in [4.69, 9.17) is 4.74 Å². The predicted octanol–water partition coefficient (Wildman–Crippen LogP) is 2.41. The van der Waals surface area contributed by atoms with Crippen molar-refractivity contribution < 1.29 is 9.53 Å². The van der Waals surface area contributed by atoms with Crippen molar-refractivity contribution in [3.05, 3.63) is 34.5 Å². The molecule has 4 nitrogen and oxygen atoms in total. The zero-order valence-electron chi connectivity index (χ0n) is 13.2. The molecular weight excluding hydrogens is 296 g/mol. The van der Waals surface area contributed by atoms with Gasteiger partial charge in [-0.1, -0.05) is 6.08 Å². The topological polar surface area (TPSA) is 32.8 Å². The molecular formula is C17H24N2O2S. The third-order valence-electron chi connectivity index (χ3n) is 4.66. The van der Waals surface area contributed by atoms with Gasteiger partial charge in [-0.3, -0.25) is 9.69 Å². The minimum atomic E-state index is 0.168. The summed E-state index contributed by atoms with van der Waals surface area (Å²) in [5.74, 6) is 0.692. The van der Waals surface area contributed by atoms with Gasteiger partial charge < -0.3 is 9.64 Å². The Morgan fingerprint density at radius 2 is 2.36 bits per heavy atom. The van der Waals surface area contributed by atoms with Crippen molar-refractivity contribution in [2.45, 2.75) is 19.4 Å². The van der Waals surface area contributed by atoms with Crippen molar-refractivity contribution in [2.75, 3.05) is 39.3 Å². The number of carbonyl (C=O) groups excluding carboxylic acids is 1. The van der Waals surface area contributed by atoms with Crippen molar-refractivity contribution in [3.8, 4) is 0 Å². The van der Waals surface area contributed by atoms with Gasteiger partial charge in [-0.25, -0.2) is 0 Å². The number of carbonyl (C=O) groups is 1. The minimum Gasteiger partial charge on any atom is -0.375 e. The van der Waals surface area contributed by atoms with Gasteiger partial charge in [-0.15, -0.1) is 17.9 Å². The van der Waals surface area contributed by atoms with Crippen molar-refractivity contribution in [3.63, 3.8) is 0 Å². The highest BCUT2D eigenvalue weighted by atomic mass is 32.1. The Kier molecular flexibility index (Phi) is 4.96. The first kappa shape index (κ1) is 15.7. The number of hydrogen-bond donors (Lipinski definition) is 0. The first-order valence-electron chi connectivity index (χ1n) is 7.97. The van der Waals surface area contributed by atoms with Crippen LogP contribution >= 0.6 is 11.3 Å². The van der Waals surface area contributed by atoms with Gasteiger partial charge in [0.25, 0.3) is 5.91 Å². The molecule has 0 saturated carbocycles. The van der Waals surface area contributed by atoms with Crippen LogP contribution in [-0.4, -0.2) is 61.1 Å². The lowest BCUT2D eigenvalue weighted by atomic mass is 9.93.